The molecule has 0 radical (unpaired) electrons. The van der Waals surface area contributed by atoms with Crippen LogP contribution in [0.4, 0.5) is 15.8 Å². The maximum atomic E-state index is 15.1. The number of rotatable bonds is 3. The number of fused-ring (bicyclic) bond motifs is 1. The van der Waals surface area contributed by atoms with Gasteiger partial charge in [-0.2, -0.15) is 0 Å². The number of aromatic hydroxyl groups is 1. The molecule has 2 amide bonds. The van der Waals surface area contributed by atoms with Crippen LogP contribution in [0.15, 0.2) is 72.8 Å². The van der Waals surface area contributed by atoms with Gasteiger partial charge < -0.3 is 10.4 Å². The van der Waals surface area contributed by atoms with Crippen LogP contribution >= 0.6 is 0 Å². The van der Waals surface area contributed by atoms with E-state index in [-0.39, 0.29) is 23.3 Å². The Balaban J connectivity index is 1.70. The molecule has 1 heterocycles. The van der Waals surface area contributed by atoms with Crippen LogP contribution in [-0.2, 0) is 4.79 Å². The molecule has 3 aromatic rings. The lowest BCUT2D eigenvalue weighted by atomic mass is 9.65. The fourth-order valence-corrected chi connectivity index (χ4v) is 5.51. The van der Waals surface area contributed by atoms with Crippen molar-refractivity contribution in [2.75, 3.05) is 10.2 Å². The zero-order valence-corrected chi connectivity index (χ0v) is 18.1. The third-order valence-corrected chi connectivity index (χ3v) is 6.92. The highest BCUT2D eigenvalue weighted by atomic mass is 19.1. The Morgan fingerprint density at radius 1 is 0.939 bits per heavy atom. The lowest BCUT2D eigenvalue weighted by Crippen LogP contribution is -2.62. The van der Waals surface area contributed by atoms with Crippen LogP contribution < -0.4 is 10.2 Å². The maximum absolute atomic E-state index is 15.1. The molecule has 0 unspecified atom stereocenters. The summed E-state index contributed by atoms with van der Waals surface area (Å²) in [5.74, 6) is -1.85. The van der Waals surface area contributed by atoms with E-state index in [0.29, 0.717) is 29.7 Å². The Morgan fingerprint density at radius 3 is 2.36 bits per heavy atom. The molecule has 1 fully saturated rings. The number of hydrogen-bond donors (Lipinski definition) is 2. The van der Waals surface area contributed by atoms with E-state index in [2.05, 4.69) is 5.32 Å². The highest BCUT2D eigenvalue weighted by molar-refractivity contribution is 6.13. The SMILES string of the molecule is O=C(Nc1ccccc1O)[C@H]1c2ccccc2C(=O)N(c2ccccc2F)C12CCCCC2. The number of anilines is 2. The lowest BCUT2D eigenvalue weighted by molar-refractivity contribution is -0.119. The third-order valence-electron chi connectivity index (χ3n) is 6.92. The molecule has 2 aliphatic rings. The third kappa shape index (κ3) is 3.46. The number of carbonyl (C=O) groups is 2. The van der Waals surface area contributed by atoms with Gasteiger partial charge in [-0.1, -0.05) is 61.7 Å². The van der Waals surface area contributed by atoms with Crippen LogP contribution in [-0.4, -0.2) is 22.5 Å². The molecule has 1 saturated carbocycles. The van der Waals surface area contributed by atoms with Crippen LogP contribution in [0, 0.1) is 5.82 Å². The molecule has 168 valence electrons. The first kappa shape index (κ1) is 21.2. The van der Waals surface area contributed by atoms with Crippen molar-refractivity contribution >= 4 is 23.2 Å². The van der Waals surface area contributed by atoms with Crippen LogP contribution in [0.25, 0.3) is 0 Å². The van der Waals surface area contributed by atoms with E-state index in [1.807, 2.05) is 12.1 Å². The van der Waals surface area contributed by atoms with Crippen molar-refractivity contribution < 1.29 is 19.1 Å². The molecule has 33 heavy (non-hydrogen) atoms. The normalized spacial score (nSPS) is 19.2. The Morgan fingerprint density at radius 2 is 1.61 bits per heavy atom. The quantitative estimate of drug-likeness (QED) is 0.516. The summed E-state index contributed by atoms with van der Waals surface area (Å²) in [5.41, 5.74) is 0.638. The minimum atomic E-state index is -0.902. The van der Waals surface area contributed by atoms with Gasteiger partial charge in [0.15, 0.2) is 0 Å². The molecule has 1 aliphatic heterocycles. The van der Waals surface area contributed by atoms with Crippen LogP contribution in [0.5, 0.6) is 5.75 Å². The molecule has 3 aromatic carbocycles. The van der Waals surface area contributed by atoms with E-state index in [0.717, 1.165) is 19.3 Å². The smallest absolute Gasteiger partial charge is 0.259 e. The predicted octanol–water partition coefficient (Wildman–Crippen LogP) is 5.62. The van der Waals surface area contributed by atoms with Crippen molar-refractivity contribution in [3.8, 4) is 5.75 Å². The van der Waals surface area contributed by atoms with Crippen molar-refractivity contribution in [1.82, 2.24) is 0 Å². The summed E-state index contributed by atoms with van der Waals surface area (Å²) >= 11 is 0. The summed E-state index contributed by atoms with van der Waals surface area (Å²) in [5, 5.41) is 13.1. The van der Waals surface area contributed by atoms with Gasteiger partial charge >= 0.3 is 0 Å². The van der Waals surface area contributed by atoms with Crippen molar-refractivity contribution in [3.05, 3.63) is 89.7 Å². The number of para-hydroxylation sites is 3. The molecular weight excluding hydrogens is 419 g/mol. The Hall–Kier alpha value is -3.67. The molecule has 1 aliphatic carbocycles. The van der Waals surface area contributed by atoms with Gasteiger partial charge in [-0.05, 0) is 48.7 Å². The van der Waals surface area contributed by atoms with Gasteiger partial charge in [-0.15, -0.1) is 0 Å². The van der Waals surface area contributed by atoms with Gasteiger partial charge in [0.05, 0.1) is 22.8 Å². The zero-order chi connectivity index (χ0) is 23.0. The minimum absolute atomic E-state index is 0.0327. The predicted molar refractivity (Wildman–Crippen MR) is 125 cm³/mol. The molecule has 6 heteroatoms. The van der Waals surface area contributed by atoms with E-state index < -0.39 is 17.3 Å². The van der Waals surface area contributed by atoms with Crippen LogP contribution in [0.1, 0.15) is 53.9 Å². The van der Waals surface area contributed by atoms with E-state index in [1.165, 1.54) is 12.1 Å². The molecule has 0 aromatic heterocycles. The summed E-state index contributed by atoms with van der Waals surface area (Å²) in [6.07, 6.45) is 3.83. The first-order valence-electron chi connectivity index (χ1n) is 11.3. The molecule has 2 N–H and O–H groups in total. The zero-order valence-electron chi connectivity index (χ0n) is 18.1. The second-order valence-electron chi connectivity index (χ2n) is 8.78. The lowest BCUT2D eigenvalue weighted by Gasteiger charge is -2.53. The summed E-state index contributed by atoms with van der Waals surface area (Å²) in [6, 6.07) is 19.9. The average molecular weight is 445 g/mol. The van der Waals surface area contributed by atoms with Gasteiger partial charge in [0.25, 0.3) is 5.91 Å². The molecule has 0 bridgehead atoms. The van der Waals surface area contributed by atoms with Gasteiger partial charge in [0.2, 0.25) is 5.91 Å². The number of phenols is 1. The number of amides is 2. The summed E-state index contributed by atoms with van der Waals surface area (Å²) in [7, 11) is 0. The molecule has 1 atom stereocenters. The van der Waals surface area contributed by atoms with Crippen molar-refractivity contribution in [3.63, 3.8) is 0 Å². The fourth-order valence-electron chi connectivity index (χ4n) is 5.51. The molecule has 1 spiro atoms. The highest BCUT2D eigenvalue weighted by Crippen LogP contribution is 2.51. The Kier molecular flexibility index (Phi) is 5.36. The number of hydrogen-bond acceptors (Lipinski definition) is 3. The average Bonchev–Trinajstić information content (AvgIpc) is 2.82. The fraction of sp³-hybridized carbons (Fsp3) is 0.259. The first-order chi connectivity index (χ1) is 16.0. The van der Waals surface area contributed by atoms with Crippen molar-refractivity contribution in [2.24, 2.45) is 0 Å². The number of nitrogens with one attached hydrogen (secondary N) is 1. The standard InChI is InChI=1S/C27H25FN2O3/c28-20-12-4-6-14-22(20)30-26(33)19-11-3-2-10-18(19)24(27(30)16-8-1-9-17-27)25(32)29-21-13-5-7-15-23(21)31/h2-7,10-15,24,31H,1,8-9,16-17H2,(H,29,32)/t24-/m1/s1. The monoisotopic (exact) mass is 444 g/mol. The van der Waals surface area contributed by atoms with Gasteiger partial charge in [0.1, 0.15) is 11.6 Å². The van der Waals surface area contributed by atoms with E-state index in [4.69, 9.17) is 0 Å². The summed E-state index contributed by atoms with van der Waals surface area (Å²) in [4.78, 5) is 29.2. The largest absolute Gasteiger partial charge is 0.506 e. The number of benzene rings is 3. The van der Waals surface area contributed by atoms with E-state index in [9.17, 15) is 14.7 Å². The van der Waals surface area contributed by atoms with Crippen molar-refractivity contribution in [2.45, 2.75) is 43.6 Å². The van der Waals surface area contributed by atoms with Crippen molar-refractivity contribution in [1.29, 1.82) is 0 Å². The maximum Gasteiger partial charge on any atom is 0.259 e. The Labute approximate surface area is 191 Å². The second kappa shape index (κ2) is 8.35. The van der Waals surface area contributed by atoms with Gasteiger partial charge in [0, 0.05) is 5.56 Å². The van der Waals surface area contributed by atoms with Gasteiger partial charge in [-0.3, -0.25) is 14.5 Å². The molecule has 5 rings (SSSR count). The number of nitrogens with zero attached hydrogens (tertiary/aromatic N) is 1. The minimum Gasteiger partial charge on any atom is -0.506 e. The highest BCUT2D eigenvalue weighted by Gasteiger charge is 2.55. The van der Waals surface area contributed by atoms with E-state index >= 15 is 4.39 Å². The molecular formula is C27H25FN2O3. The van der Waals surface area contributed by atoms with Crippen LogP contribution in [0.3, 0.4) is 0 Å². The number of phenolic OH excluding ortho intramolecular Hbond substituents is 1. The second-order valence-corrected chi connectivity index (χ2v) is 8.78. The number of halogens is 1. The summed E-state index contributed by atoms with van der Waals surface area (Å²) < 4.78 is 15.1. The van der Waals surface area contributed by atoms with Gasteiger partial charge in [-0.25, -0.2) is 4.39 Å². The van der Waals surface area contributed by atoms with Crippen LogP contribution in [0.2, 0.25) is 0 Å². The summed E-state index contributed by atoms with van der Waals surface area (Å²) in [6.45, 7) is 0. The topological polar surface area (TPSA) is 69.6 Å². The molecule has 0 saturated heterocycles. The first-order valence-corrected chi connectivity index (χ1v) is 11.3. The van der Waals surface area contributed by atoms with E-state index in [1.54, 1.807) is 53.4 Å². The number of carbonyl (C=O) groups excluding carboxylic acids is 2. The Bertz CT molecular complexity index is 1220. The molecule has 5 nitrogen and oxygen atoms in total.